The van der Waals surface area contributed by atoms with Crippen LogP contribution in [0.15, 0.2) is 53.7 Å². The maximum absolute atomic E-state index is 12.6. The third-order valence-corrected chi connectivity index (χ3v) is 6.20. The van der Waals surface area contributed by atoms with E-state index in [9.17, 15) is 9.59 Å². The van der Waals surface area contributed by atoms with Crippen molar-refractivity contribution in [3.63, 3.8) is 0 Å². The monoisotopic (exact) mass is 457 g/mol. The van der Waals surface area contributed by atoms with Gasteiger partial charge in [-0.05, 0) is 31.2 Å². The highest BCUT2D eigenvalue weighted by atomic mass is 35.5. The number of anilines is 2. The van der Waals surface area contributed by atoms with E-state index in [2.05, 4.69) is 15.5 Å². The van der Waals surface area contributed by atoms with Crippen molar-refractivity contribution in [3.05, 3.63) is 59.4 Å². The topological polar surface area (TPSA) is 89.4 Å². The minimum Gasteiger partial charge on any atom is -0.482 e. The van der Waals surface area contributed by atoms with Crippen LogP contribution in [0.25, 0.3) is 0 Å². The molecule has 2 aromatic carbocycles. The summed E-state index contributed by atoms with van der Waals surface area (Å²) < 4.78 is 7.31. The van der Waals surface area contributed by atoms with Gasteiger partial charge in [0.1, 0.15) is 5.75 Å². The number of fused-ring (bicyclic) bond motifs is 1. The number of aromatic nitrogens is 3. The zero-order valence-corrected chi connectivity index (χ0v) is 18.5. The molecule has 4 rings (SSSR count). The fourth-order valence-corrected chi connectivity index (χ4v) is 4.26. The van der Waals surface area contributed by atoms with Crippen molar-refractivity contribution in [2.75, 3.05) is 22.6 Å². The zero-order chi connectivity index (χ0) is 22.0. The SMILES string of the molecule is CC(c1nnc(SCC(=O)Nc2ccccc2Cl)n1C)N1C(=O)COc2ccccc21. The molecule has 2 amide bonds. The Labute approximate surface area is 188 Å². The number of halogens is 1. The number of ether oxygens (including phenoxy) is 1. The highest BCUT2D eigenvalue weighted by Crippen LogP contribution is 2.37. The summed E-state index contributed by atoms with van der Waals surface area (Å²) in [5, 5.41) is 12.3. The largest absolute Gasteiger partial charge is 0.482 e. The van der Waals surface area contributed by atoms with Crippen LogP contribution in [0.5, 0.6) is 5.75 Å². The van der Waals surface area contributed by atoms with Crippen LogP contribution in [0.3, 0.4) is 0 Å². The van der Waals surface area contributed by atoms with Crippen LogP contribution in [-0.2, 0) is 16.6 Å². The van der Waals surface area contributed by atoms with E-state index < -0.39 is 0 Å². The van der Waals surface area contributed by atoms with Gasteiger partial charge in [-0.1, -0.05) is 47.6 Å². The van der Waals surface area contributed by atoms with Gasteiger partial charge >= 0.3 is 0 Å². The van der Waals surface area contributed by atoms with Gasteiger partial charge in [-0.25, -0.2) is 0 Å². The van der Waals surface area contributed by atoms with Gasteiger partial charge in [0.05, 0.1) is 28.2 Å². The Bertz CT molecular complexity index is 1140. The Morgan fingerprint density at radius 3 is 2.77 bits per heavy atom. The van der Waals surface area contributed by atoms with Crippen molar-refractivity contribution in [1.29, 1.82) is 0 Å². The Balaban J connectivity index is 1.46. The molecule has 3 aromatic rings. The molecule has 1 aromatic heterocycles. The summed E-state index contributed by atoms with van der Waals surface area (Å²) in [4.78, 5) is 26.6. The molecule has 0 radical (unpaired) electrons. The summed E-state index contributed by atoms with van der Waals surface area (Å²) in [6, 6.07) is 14.1. The Kier molecular flexibility index (Phi) is 6.15. The van der Waals surface area contributed by atoms with Crippen molar-refractivity contribution in [1.82, 2.24) is 14.8 Å². The van der Waals surface area contributed by atoms with Crippen molar-refractivity contribution in [2.24, 2.45) is 7.05 Å². The maximum Gasteiger partial charge on any atom is 0.265 e. The molecule has 10 heteroatoms. The standard InChI is InChI=1S/C21H20ClN5O3S/c1-13(27-16-9-5-6-10-17(16)30-11-19(27)29)20-24-25-21(26(20)2)31-12-18(28)23-15-8-4-3-7-14(15)22/h3-10,13H,11-12H2,1-2H3,(H,23,28). The van der Waals surface area contributed by atoms with Crippen LogP contribution in [0, 0.1) is 0 Å². The van der Waals surface area contributed by atoms with E-state index in [1.165, 1.54) is 11.8 Å². The van der Waals surface area contributed by atoms with E-state index in [0.29, 0.717) is 33.1 Å². The number of nitrogens with zero attached hydrogens (tertiary/aromatic N) is 4. The van der Waals surface area contributed by atoms with Gasteiger partial charge in [-0.15, -0.1) is 10.2 Å². The fourth-order valence-electron chi connectivity index (χ4n) is 3.36. The molecule has 0 saturated carbocycles. The zero-order valence-electron chi connectivity index (χ0n) is 16.9. The number of benzene rings is 2. The molecule has 0 bridgehead atoms. The molecule has 0 fully saturated rings. The average molecular weight is 458 g/mol. The molecular weight excluding hydrogens is 438 g/mol. The van der Waals surface area contributed by atoms with Crippen molar-refractivity contribution in [3.8, 4) is 5.75 Å². The minimum absolute atomic E-state index is 0.0248. The molecular formula is C21H20ClN5O3S. The van der Waals surface area contributed by atoms with Crippen molar-refractivity contribution in [2.45, 2.75) is 18.1 Å². The number of hydrogen-bond acceptors (Lipinski definition) is 6. The Morgan fingerprint density at radius 2 is 1.97 bits per heavy atom. The van der Waals surface area contributed by atoms with E-state index >= 15 is 0 Å². The summed E-state index contributed by atoms with van der Waals surface area (Å²) in [5.74, 6) is 1.06. The van der Waals surface area contributed by atoms with Crippen molar-refractivity contribution >= 4 is 46.6 Å². The summed E-state index contributed by atoms with van der Waals surface area (Å²) in [6.45, 7) is 1.87. The first-order valence-electron chi connectivity index (χ1n) is 9.56. The van der Waals surface area contributed by atoms with Gasteiger partial charge in [0.15, 0.2) is 17.6 Å². The first-order valence-corrected chi connectivity index (χ1v) is 10.9. The third kappa shape index (κ3) is 4.38. The molecule has 2 heterocycles. The summed E-state index contributed by atoms with van der Waals surface area (Å²) in [5.41, 5.74) is 1.26. The Hall–Kier alpha value is -3.04. The van der Waals surface area contributed by atoms with Crippen molar-refractivity contribution < 1.29 is 14.3 Å². The Morgan fingerprint density at radius 1 is 1.23 bits per heavy atom. The fraction of sp³-hybridized carbons (Fsp3) is 0.238. The molecule has 1 aliphatic rings. The van der Waals surface area contributed by atoms with Gasteiger partial charge in [-0.3, -0.25) is 14.5 Å². The second kappa shape index (κ2) is 8.99. The van der Waals surface area contributed by atoms with Crippen LogP contribution in [-0.4, -0.2) is 38.9 Å². The maximum atomic E-state index is 12.6. The second-order valence-corrected chi connectivity index (χ2v) is 8.26. The van der Waals surface area contributed by atoms with Crippen LogP contribution < -0.4 is 15.0 Å². The predicted octanol–water partition coefficient (Wildman–Crippen LogP) is 3.69. The van der Waals surface area contributed by atoms with E-state index in [-0.39, 0.29) is 30.2 Å². The van der Waals surface area contributed by atoms with Gasteiger partial charge < -0.3 is 14.6 Å². The van der Waals surface area contributed by atoms with Crippen LogP contribution in [0.4, 0.5) is 11.4 Å². The molecule has 31 heavy (non-hydrogen) atoms. The number of amides is 2. The smallest absolute Gasteiger partial charge is 0.265 e. The minimum atomic E-state index is -0.360. The van der Waals surface area contributed by atoms with Gasteiger partial charge in [0.2, 0.25) is 5.91 Å². The molecule has 0 aliphatic carbocycles. The molecule has 0 spiro atoms. The highest BCUT2D eigenvalue weighted by Gasteiger charge is 2.32. The van der Waals surface area contributed by atoms with E-state index in [1.807, 2.05) is 38.2 Å². The lowest BCUT2D eigenvalue weighted by molar-refractivity contribution is -0.121. The number of thioether (sulfide) groups is 1. The second-order valence-electron chi connectivity index (χ2n) is 6.91. The van der Waals surface area contributed by atoms with Crippen LogP contribution >= 0.6 is 23.4 Å². The lowest BCUT2D eigenvalue weighted by atomic mass is 10.1. The molecule has 1 atom stereocenters. The molecule has 160 valence electrons. The molecule has 1 unspecified atom stereocenters. The lowest BCUT2D eigenvalue weighted by Crippen LogP contribution is -2.41. The molecule has 1 aliphatic heterocycles. The normalized spacial score (nSPS) is 14.0. The van der Waals surface area contributed by atoms with E-state index in [4.69, 9.17) is 16.3 Å². The van der Waals surface area contributed by atoms with E-state index in [0.717, 1.165) is 0 Å². The summed E-state index contributed by atoms with van der Waals surface area (Å²) in [7, 11) is 1.82. The quantitative estimate of drug-likeness (QED) is 0.568. The molecule has 8 nitrogen and oxygen atoms in total. The lowest BCUT2D eigenvalue weighted by Gasteiger charge is -2.33. The number of rotatable bonds is 6. The van der Waals surface area contributed by atoms with E-state index in [1.54, 1.807) is 33.7 Å². The number of carbonyl (C=O) groups is 2. The third-order valence-electron chi connectivity index (χ3n) is 4.85. The highest BCUT2D eigenvalue weighted by molar-refractivity contribution is 7.99. The van der Waals surface area contributed by atoms with Gasteiger partial charge in [-0.2, -0.15) is 0 Å². The predicted molar refractivity (Wildman–Crippen MR) is 120 cm³/mol. The number of hydrogen-bond donors (Lipinski definition) is 1. The number of carbonyl (C=O) groups excluding carboxylic acids is 2. The summed E-state index contributed by atoms with van der Waals surface area (Å²) in [6.07, 6.45) is 0. The van der Waals surface area contributed by atoms with Gasteiger partial charge in [0.25, 0.3) is 5.91 Å². The number of para-hydroxylation sites is 3. The summed E-state index contributed by atoms with van der Waals surface area (Å²) >= 11 is 7.34. The van der Waals surface area contributed by atoms with Crippen LogP contribution in [0.2, 0.25) is 5.02 Å². The molecule has 1 N–H and O–H groups in total. The number of nitrogens with one attached hydrogen (secondary N) is 1. The van der Waals surface area contributed by atoms with Crippen LogP contribution in [0.1, 0.15) is 18.8 Å². The average Bonchev–Trinajstić information content (AvgIpc) is 3.14. The van der Waals surface area contributed by atoms with Gasteiger partial charge in [0, 0.05) is 7.05 Å². The molecule has 0 saturated heterocycles. The first-order chi connectivity index (χ1) is 15.0. The first kappa shape index (κ1) is 21.2.